The number of aromatic nitrogens is 3. The summed E-state index contributed by atoms with van der Waals surface area (Å²) in [6.07, 6.45) is 1.49. The maximum atomic E-state index is 12.4. The van der Waals surface area contributed by atoms with Crippen LogP contribution >= 0.6 is 11.3 Å². The quantitative estimate of drug-likeness (QED) is 0.724. The number of furan rings is 1. The van der Waals surface area contributed by atoms with E-state index in [-0.39, 0.29) is 12.5 Å². The standard InChI is InChI=1S/C14H13N5O3S/c1-9-2-3-12(22-9)19-6-5-18(8-11(19)20)14-16-15-13(23-14)10-4-7-21-17-10/h2-4,7H,5-6,8H2,1H3. The van der Waals surface area contributed by atoms with Crippen LogP contribution in [0.1, 0.15) is 5.76 Å². The summed E-state index contributed by atoms with van der Waals surface area (Å²) in [6, 6.07) is 5.40. The summed E-state index contributed by atoms with van der Waals surface area (Å²) in [6.45, 7) is 3.31. The molecule has 1 fully saturated rings. The number of amides is 1. The van der Waals surface area contributed by atoms with Gasteiger partial charge in [-0.3, -0.25) is 9.69 Å². The summed E-state index contributed by atoms with van der Waals surface area (Å²) in [5.74, 6) is 1.35. The summed E-state index contributed by atoms with van der Waals surface area (Å²) < 4.78 is 10.3. The van der Waals surface area contributed by atoms with Gasteiger partial charge < -0.3 is 13.8 Å². The van der Waals surface area contributed by atoms with E-state index in [1.54, 1.807) is 11.0 Å². The molecule has 0 aliphatic carbocycles. The van der Waals surface area contributed by atoms with Gasteiger partial charge in [0.15, 0.2) is 5.01 Å². The van der Waals surface area contributed by atoms with Crippen LogP contribution < -0.4 is 9.80 Å². The lowest BCUT2D eigenvalue weighted by atomic mass is 10.3. The van der Waals surface area contributed by atoms with Gasteiger partial charge in [-0.15, -0.1) is 10.2 Å². The third-order valence-electron chi connectivity index (χ3n) is 3.55. The average Bonchev–Trinajstić information content (AvgIpc) is 3.28. The molecule has 1 saturated heterocycles. The second-order valence-corrected chi connectivity index (χ2v) is 6.08. The Morgan fingerprint density at radius 1 is 1.22 bits per heavy atom. The first kappa shape index (κ1) is 13.9. The predicted molar refractivity (Wildman–Crippen MR) is 83.4 cm³/mol. The molecule has 0 atom stereocenters. The summed E-state index contributed by atoms with van der Waals surface area (Å²) in [5, 5.41) is 13.5. The van der Waals surface area contributed by atoms with Gasteiger partial charge in [0, 0.05) is 25.2 Å². The van der Waals surface area contributed by atoms with Crippen molar-refractivity contribution >= 4 is 28.3 Å². The van der Waals surface area contributed by atoms with Crippen LogP contribution in [0, 0.1) is 6.92 Å². The number of carbonyl (C=O) groups excluding carboxylic acids is 1. The molecule has 0 aromatic carbocycles. The van der Waals surface area contributed by atoms with Gasteiger partial charge in [-0.2, -0.15) is 0 Å². The van der Waals surface area contributed by atoms with Crippen molar-refractivity contribution in [1.82, 2.24) is 15.4 Å². The molecule has 4 rings (SSSR count). The molecule has 1 amide bonds. The Kier molecular flexibility index (Phi) is 3.34. The molecule has 23 heavy (non-hydrogen) atoms. The fourth-order valence-electron chi connectivity index (χ4n) is 2.41. The third-order valence-corrected chi connectivity index (χ3v) is 4.56. The van der Waals surface area contributed by atoms with E-state index in [0.29, 0.717) is 34.8 Å². The lowest BCUT2D eigenvalue weighted by molar-refractivity contribution is -0.118. The first-order chi connectivity index (χ1) is 11.2. The molecule has 3 aromatic heterocycles. The fourth-order valence-corrected chi connectivity index (χ4v) is 3.24. The number of hydrogen-bond acceptors (Lipinski definition) is 8. The molecule has 0 N–H and O–H groups in total. The Bertz CT molecular complexity index is 825. The molecule has 0 unspecified atom stereocenters. The van der Waals surface area contributed by atoms with E-state index in [9.17, 15) is 4.79 Å². The van der Waals surface area contributed by atoms with E-state index >= 15 is 0 Å². The SMILES string of the molecule is Cc1ccc(N2CCN(c3nnc(-c4ccon4)s3)CC2=O)o1. The number of nitrogens with zero attached hydrogens (tertiary/aromatic N) is 5. The summed E-state index contributed by atoms with van der Waals surface area (Å²) in [5.41, 5.74) is 0.643. The molecule has 0 radical (unpaired) electrons. The minimum atomic E-state index is -0.0243. The van der Waals surface area contributed by atoms with Crippen molar-refractivity contribution in [3.63, 3.8) is 0 Å². The molecular weight excluding hydrogens is 318 g/mol. The fraction of sp³-hybridized carbons (Fsp3) is 0.286. The van der Waals surface area contributed by atoms with Crippen LogP contribution in [0.5, 0.6) is 0 Å². The van der Waals surface area contributed by atoms with Gasteiger partial charge in [0.25, 0.3) is 0 Å². The van der Waals surface area contributed by atoms with Gasteiger partial charge in [0.1, 0.15) is 17.7 Å². The largest absolute Gasteiger partial charge is 0.445 e. The molecular formula is C14H13N5O3S. The highest BCUT2D eigenvalue weighted by Gasteiger charge is 2.29. The summed E-state index contributed by atoms with van der Waals surface area (Å²) in [4.78, 5) is 15.9. The number of hydrogen-bond donors (Lipinski definition) is 0. The van der Waals surface area contributed by atoms with E-state index in [1.807, 2.05) is 24.0 Å². The maximum absolute atomic E-state index is 12.4. The number of rotatable bonds is 3. The molecule has 0 bridgehead atoms. The van der Waals surface area contributed by atoms with E-state index in [2.05, 4.69) is 15.4 Å². The maximum Gasteiger partial charge on any atom is 0.248 e. The monoisotopic (exact) mass is 331 g/mol. The second kappa shape index (κ2) is 5.51. The van der Waals surface area contributed by atoms with Gasteiger partial charge in [-0.25, -0.2) is 0 Å². The molecule has 1 aliphatic rings. The molecule has 4 heterocycles. The van der Waals surface area contributed by atoms with Gasteiger partial charge in [0.2, 0.25) is 16.9 Å². The van der Waals surface area contributed by atoms with Crippen molar-refractivity contribution in [2.75, 3.05) is 29.4 Å². The average molecular weight is 331 g/mol. The van der Waals surface area contributed by atoms with Crippen molar-refractivity contribution in [3.05, 3.63) is 30.2 Å². The Balaban J connectivity index is 1.49. The van der Waals surface area contributed by atoms with Crippen LogP contribution in [0.4, 0.5) is 11.0 Å². The Labute approximate surface area is 135 Å². The van der Waals surface area contributed by atoms with Crippen LogP contribution in [-0.4, -0.2) is 40.9 Å². The molecule has 8 nitrogen and oxygen atoms in total. The second-order valence-electron chi connectivity index (χ2n) is 5.13. The topological polar surface area (TPSA) is 88.5 Å². The van der Waals surface area contributed by atoms with E-state index < -0.39 is 0 Å². The highest BCUT2D eigenvalue weighted by molar-refractivity contribution is 7.18. The van der Waals surface area contributed by atoms with Crippen molar-refractivity contribution < 1.29 is 13.7 Å². The first-order valence-corrected chi connectivity index (χ1v) is 7.88. The van der Waals surface area contributed by atoms with E-state index in [4.69, 9.17) is 8.94 Å². The van der Waals surface area contributed by atoms with Crippen molar-refractivity contribution in [2.45, 2.75) is 6.92 Å². The number of anilines is 2. The highest BCUT2D eigenvalue weighted by Crippen LogP contribution is 2.29. The third kappa shape index (κ3) is 2.59. The Morgan fingerprint density at radius 2 is 2.13 bits per heavy atom. The van der Waals surface area contributed by atoms with Crippen molar-refractivity contribution in [2.24, 2.45) is 0 Å². The minimum absolute atomic E-state index is 0.0243. The minimum Gasteiger partial charge on any atom is -0.445 e. The Hall–Kier alpha value is -2.68. The first-order valence-electron chi connectivity index (χ1n) is 7.07. The van der Waals surface area contributed by atoms with Crippen molar-refractivity contribution in [1.29, 1.82) is 0 Å². The molecule has 9 heteroatoms. The van der Waals surface area contributed by atoms with Crippen LogP contribution in [0.25, 0.3) is 10.7 Å². The summed E-state index contributed by atoms with van der Waals surface area (Å²) >= 11 is 1.39. The normalized spacial score (nSPS) is 15.4. The van der Waals surface area contributed by atoms with Gasteiger partial charge in [-0.1, -0.05) is 16.5 Å². The number of aryl methyl sites for hydroxylation is 1. The zero-order chi connectivity index (χ0) is 15.8. The predicted octanol–water partition coefficient (Wildman–Crippen LogP) is 1.95. The van der Waals surface area contributed by atoms with E-state index in [0.717, 1.165) is 5.76 Å². The molecule has 1 aliphatic heterocycles. The van der Waals surface area contributed by atoms with E-state index in [1.165, 1.54) is 17.6 Å². The van der Waals surface area contributed by atoms with Gasteiger partial charge in [-0.05, 0) is 13.0 Å². The van der Waals surface area contributed by atoms with Crippen LogP contribution in [0.3, 0.4) is 0 Å². The highest BCUT2D eigenvalue weighted by atomic mass is 32.1. The lowest BCUT2D eigenvalue weighted by Gasteiger charge is -2.32. The number of carbonyl (C=O) groups is 1. The van der Waals surface area contributed by atoms with Gasteiger partial charge >= 0.3 is 0 Å². The van der Waals surface area contributed by atoms with Gasteiger partial charge in [0.05, 0.1) is 6.54 Å². The molecule has 3 aromatic rings. The molecule has 118 valence electrons. The van der Waals surface area contributed by atoms with Crippen molar-refractivity contribution in [3.8, 4) is 10.7 Å². The van der Waals surface area contributed by atoms with Crippen LogP contribution in [0.15, 0.2) is 33.4 Å². The summed E-state index contributed by atoms with van der Waals surface area (Å²) in [7, 11) is 0. The number of piperazine rings is 1. The Morgan fingerprint density at radius 3 is 2.83 bits per heavy atom. The van der Waals surface area contributed by atoms with Crippen LogP contribution in [-0.2, 0) is 4.79 Å². The lowest BCUT2D eigenvalue weighted by Crippen LogP contribution is -2.50. The zero-order valence-electron chi connectivity index (χ0n) is 12.3. The molecule has 0 spiro atoms. The zero-order valence-corrected chi connectivity index (χ0v) is 13.1. The smallest absolute Gasteiger partial charge is 0.248 e. The van der Waals surface area contributed by atoms with Crippen LogP contribution in [0.2, 0.25) is 0 Å². The molecule has 0 saturated carbocycles.